The molecule has 0 aliphatic rings. The first kappa shape index (κ1) is 12.3. The first-order valence-corrected chi connectivity index (χ1v) is 6.48. The quantitative estimate of drug-likeness (QED) is 0.942. The average Bonchev–Trinajstić information content (AvgIpc) is 2.75. The number of hydrogen-bond acceptors (Lipinski definition) is 2. The average molecular weight is 294 g/mol. The molecule has 0 amide bonds. The van der Waals surface area contributed by atoms with Gasteiger partial charge in [-0.05, 0) is 31.0 Å². The van der Waals surface area contributed by atoms with Gasteiger partial charge in [-0.25, -0.2) is 4.98 Å². The molecule has 1 atom stereocenters. The molecule has 1 unspecified atom stereocenters. The van der Waals surface area contributed by atoms with Crippen LogP contribution in [0.1, 0.15) is 13.3 Å². The third-order valence-corrected chi connectivity index (χ3v) is 3.21. The van der Waals surface area contributed by atoms with Crippen LogP contribution in [-0.4, -0.2) is 15.6 Å². The maximum absolute atomic E-state index is 5.78. The molecule has 90 valence electrons. The Bertz CT molecular complexity index is 474. The summed E-state index contributed by atoms with van der Waals surface area (Å²) in [4.78, 5) is 4.21. The van der Waals surface area contributed by atoms with Gasteiger partial charge in [0.25, 0.3) is 0 Å². The molecule has 0 fully saturated rings. The van der Waals surface area contributed by atoms with Gasteiger partial charge in [-0.2, -0.15) is 0 Å². The molecule has 2 aromatic rings. The summed E-state index contributed by atoms with van der Waals surface area (Å²) < 4.78 is 3.23. The molecule has 0 radical (unpaired) electrons. The van der Waals surface area contributed by atoms with Crippen LogP contribution >= 0.6 is 15.9 Å². The minimum atomic E-state index is 0.218. The van der Waals surface area contributed by atoms with E-state index >= 15 is 0 Å². The summed E-state index contributed by atoms with van der Waals surface area (Å²) in [5.74, 6) is 0. The zero-order valence-electron chi connectivity index (χ0n) is 9.81. The minimum absolute atomic E-state index is 0.218. The second kappa shape index (κ2) is 5.47. The van der Waals surface area contributed by atoms with Gasteiger partial charge in [-0.1, -0.05) is 28.1 Å². The third kappa shape index (κ3) is 3.17. The van der Waals surface area contributed by atoms with Crippen LogP contribution < -0.4 is 5.73 Å². The first-order chi connectivity index (χ1) is 8.16. The van der Waals surface area contributed by atoms with E-state index in [1.165, 1.54) is 5.56 Å². The first-order valence-electron chi connectivity index (χ1n) is 5.68. The Morgan fingerprint density at radius 3 is 2.71 bits per heavy atom. The Labute approximate surface area is 110 Å². The van der Waals surface area contributed by atoms with Crippen molar-refractivity contribution in [3.8, 4) is 11.3 Å². The van der Waals surface area contributed by atoms with Crippen LogP contribution in [0, 0.1) is 0 Å². The highest BCUT2D eigenvalue weighted by atomic mass is 79.9. The van der Waals surface area contributed by atoms with Crippen LogP contribution in [0.2, 0.25) is 0 Å². The zero-order chi connectivity index (χ0) is 12.3. The number of nitrogens with zero attached hydrogens (tertiary/aromatic N) is 2. The van der Waals surface area contributed by atoms with Crippen molar-refractivity contribution in [1.82, 2.24) is 9.55 Å². The fourth-order valence-electron chi connectivity index (χ4n) is 1.70. The highest BCUT2D eigenvalue weighted by Crippen LogP contribution is 2.21. The third-order valence-electron chi connectivity index (χ3n) is 2.68. The van der Waals surface area contributed by atoms with E-state index in [1.54, 1.807) is 0 Å². The van der Waals surface area contributed by atoms with Gasteiger partial charge in [0.15, 0.2) is 0 Å². The largest absolute Gasteiger partial charge is 0.331 e. The smallest absolute Gasteiger partial charge is 0.0950 e. The lowest BCUT2D eigenvalue weighted by molar-refractivity contribution is 0.573. The van der Waals surface area contributed by atoms with Gasteiger partial charge in [-0.3, -0.25) is 0 Å². The van der Waals surface area contributed by atoms with Crippen molar-refractivity contribution in [1.29, 1.82) is 0 Å². The Hall–Kier alpha value is -1.13. The van der Waals surface area contributed by atoms with Crippen LogP contribution in [0.15, 0.2) is 41.3 Å². The summed E-state index contributed by atoms with van der Waals surface area (Å²) in [5.41, 5.74) is 8.09. The standard InChI is InChI=1S/C13H16BrN3/c1-10(15)6-7-17-9-16-8-13(17)11-2-4-12(14)5-3-11/h2-5,8-10H,6-7,15H2,1H3. The van der Waals surface area contributed by atoms with E-state index in [0.717, 1.165) is 23.1 Å². The van der Waals surface area contributed by atoms with E-state index in [4.69, 9.17) is 5.73 Å². The molecule has 0 saturated heterocycles. The van der Waals surface area contributed by atoms with Crippen molar-refractivity contribution in [2.45, 2.75) is 25.9 Å². The Morgan fingerprint density at radius 2 is 2.06 bits per heavy atom. The number of halogens is 1. The SMILES string of the molecule is CC(N)CCn1cncc1-c1ccc(Br)cc1. The van der Waals surface area contributed by atoms with Gasteiger partial charge in [0.1, 0.15) is 0 Å². The van der Waals surface area contributed by atoms with Gasteiger partial charge in [0.2, 0.25) is 0 Å². The summed E-state index contributed by atoms with van der Waals surface area (Å²) >= 11 is 3.44. The number of hydrogen-bond donors (Lipinski definition) is 1. The van der Waals surface area contributed by atoms with Crippen molar-refractivity contribution in [3.05, 3.63) is 41.3 Å². The highest BCUT2D eigenvalue weighted by Gasteiger charge is 2.05. The Balaban J connectivity index is 2.21. The van der Waals surface area contributed by atoms with Crippen LogP contribution in [-0.2, 0) is 6.54 Å². The molecule has 0 aliphatic heterocycles. The lowest BCUT2D eigenvalue weighted by atomic mass is 10.1. The van der Waals surface area contributed by atoms with E-state index in [-0.39, 0.29) is 6.04 Å². The van der Waals surface area contributed by atoms with E-state index < -0.39 is 0 Å². The lowest BCUT2D eigenvalue weighted by Crippen LogP contribution is -2.17. The number of aryl methyl sites for hydroxylation is 1. The Morgan fingerprint density at radius 1 is 1.35 bits per heavy atom. The number of rotatable bonds is 4. The fourth-order valence-corrected chi connectivity index (χ4v) is 1.97. The fraction of sp³-hybridized carbons (Fsp3) is 0.308. The summed E-state index contributed by atoms with van der Waals surface area (Å²) in [6, 6.07) is 8.47. The summed E-state index contributed by atoms with van der Waals surface area (Å²) in [5, 5.41) is 0. The molecule has 3 nitrogen and oxygen atoms in total. The lowest BCUT2D eigenvalue weighted by Gasteiger charge is -2.10. The van der Waals surface area contributed by atoms with Crippen molar-refractivity contribution < 1.29 is 0 Å². The molecule has 0 saturated carbocycles. The van der Waals surface area contributed by atoms with E-state index in [1.807, 2.05) is 31.6 Å². The number of nitrogens with two attached hydrogens (primary N) is 1. The highest BCUT2D eigenvalue weighted by molar-refractivity contribution is 9.10. The van der Waals surface area contributed by atoms with Gasteiger partial charge in [0.05, 0.1) is 18.2 Å². The molecular formula is C13H16BrN3. The molecule has 4 heteroatoms. The van der Waals surface area contributed by atoms with Crippen LogP contribution in [0.25, 0.3) is 11.3 Å². The number of aromatic nitrogens is 2. The van der Waals surface area contributed by atoms with E-state index in [2.05, 4.69) is 37.6 Å². The van der Waals surface area contributed by atoms with Crippen molar-refractivity contribution in [2.24, 2.45) is 5.73 Å². The molecule has 0 aliphatic carbocycles. The number of imidazole rings is 1. The normalized spacial score (nSPS) is 12.6. The van der Waals surface area contributed by atoms with Crippen molar-refractivity contribution >= 4 is 15.9 Å². The van der Waals surface area contributed by atoms with Crippen LogP contribution in [0.4, 0.5) is 0 Å². The van der Waals surface area contributed by atoms with Crippen LogP contribution in [0.3, 0.4) is 0 Å². The molecule has 0 spiro atoms. The van der Waals surface area contributed by atoms with Gasteiger partial charge < -0.3 is 10.3 Å². The van der Waals surface area contributed by atoms with Gasteiger partial charge >= 0.3 is 0 Å². The predicted octanol–water partition coefficient (Wildman–Crippen LogP) is 3.05. The van der Waals surface area contributed by atoms with E-state index in [0.29, 0.717) is 0 Å². The Kier molecular flexibility index (Phi) is 3.97. The van der Waals surface area contributed by atoms with E-state index in [9.17, 15) is 0 Å². The van der Waals surface area contributed by atoms with Gasteiger partial charge in [0, 0.05) is 17.1 Å². The molecule has 1 aromatic heterocycles. The predicted molar refractivity (Wildman–Crippen MR) is 73.6 cm³/mol. The molecule has 1 aromatic carbocycles. The summed E-state index contributed by atoms with van der Waals surface area (Å²) in [6.07, 6.45) is 4.71. The maximum Gasteiger partial charge on any atom is 0.0950 e. The molecule has 1 heterocycles. The second-order valence-electron chi connectivity index (χ2n) is 4.25. The van der Waals surface area contributed by atoms with Crippen molar-refractivity contribution in [2.75, 3.05) is 0 Å². The molecule has 17 heavy (non-hydrogen) atoms. The summed E-state index contributed by atoms with van der Waals surface area (Å²) in [7, 11) is 0. The molecule has 2 N–H and O–H groups in total. The molecule has 2 rings (SSSR count). The summed E-state index contributed by atoms with van der Waals surface area (Å²) in [6.45, 7) is 2.93. The second-order valence-corrected chi connectivity index (χ2v) is 5.16. The molecular weight excluding hydrogens is 278 g/mol. The van der Waals surface area contributed by atoms with Crippen LogP contribution in [0.5, 0.6) is 0 Å². The zero-order valence-corrected chi connectivity index (χ0v) is 11.4. The topological polar surface area (TPSA) is 43.8 Å². The molecule has 0 bridgehead atoms. The minimum Gasteiger partial charge on any atom is -0.331 e. The number of benzene rings is 1. The van der Waals surface area contributed by atoms with Crippen molar-refractivity contribution in [3.63, 3.8) is 0 Å². The van der Waals surface area contributed by atoms with Gasteiger partial charge in [-0.15, -0.1) is 0 Å². The monoisotopic (exact) mass is 293 g/mol. The maximum atomic E-state index is 5.78.